The summed E-state index contributed by atoms with van der Waals surface area (Å²) in [7, 11) is -3.49. The number of amides is 1. The lowest BCUT2D eigenvalue weighted by atomic mass is 10.2. The molecule has 1 aliphatic rings. The summed E-state index contributed by atoms with van der Waals surface area (Å²) in [6.45, 7) is 0.634. The summed E-state index contributed by atoms with van der Waals surface area (Å²) in [6.07, 6.45) is -5.88. The van der Waals surface area contributed by atoms with Crippen LogP contribution in [0.15, 0.2) is 29.2 Å². The van der Waals surface area contributed by atoms with Crippen LogP contribution in [-0.4, -0.2) is 55.9 Å². The highest BCUT2D eigenvalue weighted by Crippen LogP contribution is 2.37. The molecule has 0 radical (unpaired) electrons. The van der Waals surface area contributed by atoms with Gasteiger partial charge < -0.3 is 9.64 Å². The normalized spacial score (nSPS) is 20.1. The van der Waals surface area contributed by atoms with Gasteiger partial charge in [-0.3, -0.25) is 9.59 Å². The molecule has 0 unspecified atom stereocenters. The van der Waals surface area contributed by atoms with E-state index < -0.39 is 74.8 Å². The van der Waals surface area contributed by atoms with Gasteiger partial charge in [0.25, 0.3) is 0 Å². The number of methoxy groups -OCH3 is 1. The number of carbonyl (C=O) groups is 3. The summed E-state index contributed by atoms with van der Waals surface area (Å²) in [6, 6.07) is 2.42. The summed E-state index contributed by atoms with van der Waals surface area (Å²) in [4.78, 5) is 35.4. The Hall–Kier alpha value is -2.43. The number of nitrogens with zero attached hydrogens (tertiary/aromatic N) is 1. The number of ketones is 1. The third-order valence-corrected chi connectivity index (χ3v) is 6.58. The minimum absolute atomic E-state index is 0.426. The molecule has 0 aliphatic carbocycles. The molecule has 1 aliphatic heterocycles. The van der Waals surface area contributed by atoms with E-state index in [9.17, 15) is 36.0 Å². The molecule has 0 spiro atoms. The number of hydrogen-bond acceptors (Lipinski definition) is 6. The van der Waals surface area contributed by atoms with E-state index in [0.717, 1.165) is 37.1 Å². The number of alkyl halides is 3. The third kappa shape index (κ3) is 4.34. The summed E-state index contributed by atoms with van der Waals surface area (Å²) in [5, 5.41) is -1.45. The summed E-state index contributed by atoms with van der Waals surface area (Å²) in [5.41, 5.74) is -1.32. The summed E-state index contributed by atoms with van der Waals surface area (Å²) >= 11 is 0. The largest absolute Gasteiger partial charge is 0.467 e. The van der Waals surface area contributed by atoms with Crippen LogP contribution in [-0.2, 0) is 35.1 Å². The first-order valence-corrected chi connectivity index (χ1v) is 9.71. The number of halogens is 3. The topological polar surface area (TPSA) is 97.8 Å². The fourth-order valence-corrected chi connectivity index (χ4v) is 5.01. The Bertz CT molecular complexity index is 896. The Kier molecular flexibility index (Phi) is 6.17. The van der Waals surface area contributed by atoms with Gasteiger partial charge in [0.2, 0.25) is 5.91 Å². The van der Waals surface area contributed by atoms with Gasteiger partial charge in [0.1, 0.15) is 11.8 Å². The monoisotopic (exact) mass is 421 g/mol. The molecule has 0 bridgehead atoms. The predicted octanol–water partition coefficient (Wildman–Crippen LogP) is 1.60. The second-order valence-corrected chi connectivity index (χ2v) is 8.56. The average Bonchev–Trinajstić information content (AvgIpc) is 3.06. The van der Waals surface area contributed by atoms with Gasteiger partial charge in [0, 0.05) is 6.54 Å². The molecule has 0 aromatic heterocycles. The number of esters is 1. The lowest BCUT2D eigenvalue weighted by molar-refractivity contribution is -0.151. The van der Waals surface area contributed by atoms with Gasteiger partial charge in [-0.05, 0) is 25.5 Å². The van der Waals surface area contributed by atoms with E-state index in [-0.39, 0.29) is 0 Å². The fraction of sp³-hybridized carbons (Fsp3) is 0.471. The van der Waals surface area contributed by atoms with Crippen molar-refractivity contribution in [3.05, 3.63) is 29.8 Å². The van der Waals surface area contributed by atoms with Crippen LogP contribution < -0.4 is 0 Å². The van der Waals surface area contributed by atoms with Crippen LogP contribution in [0.2, 0.25) is 0 Å². The molecule has 7 nitrogen and oxygen atoms in total. The van der Waals surface area contributed by atoms with E-state index >= 15 is 0 Å². The lowest BCUT2D eigenvalue weighted by Gasteiger charge is -2.22. The Morgan fingerprint density at radius 1 is 1.21 bits per heavy atom. The van der Waals surface area contributed by atoms with Gasteiger partial charge in [0.15, 0.2) is 9.84 Å². The van der Waals surface area contributed by atoms with Gasteiger partial charge in [-0.1, -0.05) is 12.1 Å². The highest BCUT2D eigenvalue weighted by Gasteiger charge is 2.48. The molecule has 1 aromatic rings. The van der Waals surface area contributed by atoms with Crippen molar-refractivity contribution in [2.45, 2.75) is 42.1 Å². The summed E-state index contributed by atoms with van der Waals surface area (Å²) < 4.78 is 70.1. The number of sulfone groups is 1. The molecule has 2 atom stereocenters. The first kappa shape index (κ1) is 21.9. The first-order chi connectivity index (χ1) is 12.9. The molecule has 1 amide bonds. The van der Waals surface area contributed by atoms with E-state index in [1.54, 1.807) is 0 Å². The molecule has 1 fully saturated rings. The van der Waals surface area contributed by atoms with E-state index in [4.69, 9.17) is 0 Å². The maximum atomic E-state index is 13.2. The van der Waals surface area contributed by atoms with Crippen LogP contribution in [0.25, 0.3) is 0 Å². The Morgan fingerprint density at radius 3 is 2.36 bits per heavy atom. The highest BCUT2D eigenvalue weighted by molar-refractivity contribution is 7.92. The van der Waals surface area contributed by atoms with Crippen LogP contribution >= 0.6 is 0 Å². The number of hydrogen-bond donors (Lipinski definition) is 0. The van der Waals surface area contributed by atoms with E-state index in [1.807, 2.05) is 0 Å². The van der Waals surface area contributed by atoms with E-state index in [2.05, 4.69) is 4.74 Å². The lowest BCUT2D eigenvalue weighted by Crippen LogP contribution is -2.41. The fourth-order valence-electron chi connectivity index (χ4n) is 3.10. The van der Waals surface area contributed by atoms with E-state index in [1.165, 1.54) is 0 Å². The van der Waals surface area contributed by atoms with Gasteiger partial charge in [0.05, 0.1) is 29.2 Å². The number of Topliss-reactive ketones (excluding diaryl/α,β-unsaturated/α-hetero) is 1. The van der Waals surface area contributed by atoms with Crippen LogP contribution in [0.4, 0.5) is 13.2 Å². The second kappa shape index (κ2) is 7.90. The predicted molar refractivity (Wildman–Crippen MR) is 89.8 cm³/mol. The van der Waals surface area contributed by atoms with Gasteiger partial charge >= 0.3 is 12.1 Å². The van der Waals surface area contributed by atoms with Crippen LogP contribution in [0, 0.1) is 0 Å². The zero-order chi connectivity index (χ0) is 21.3. The average molecular weight is 421 g/mol. The SMILES string of the molecule is COC(=O)[C@H]1C[C@@H](S(=O)(=O)c2ccccc2C(F)(F)F)CN1C(=O)CC(C)=O. The molecule has 1 heterocycles. The number of carbonyl (C=O) groups excluding carboxylic acids is 3. The minimum Gasteiger partial charge on any atom is -0.467 e. The van der Waals surface area contributed by atoms with Crippen molar-refractivity contribution in [3.8, 4) is 0 Å². The quantitative estimate of drug-likeness (QED) is 0.529. The Labute approximate surface area is 159 Å². The third-order valence-electron chi connectivity index (χ3n) is 4.39. The highest BCUT2D eigenvalue weighted by atomic mass is 32.2. The van der Waals surface area contributed by atoms with Crippen molar-refractivity contribution in [2.24, 2.45) is 0 Å². The van der Waals surface area contributed by atoms with Crippen molar-refractivity contribution in [3.63, 3.8) is 0 Å². The molecule has 1 aromatic carbocycles. The second-order valence-electron chi connectivity index (χ2n) is 6.36. The molecule has 1 saturated heterocycles. The molecule has 11 heteroatoms. The van der Waals surface area contributed by atoms with Crippen LogP contribution in [0.3, 0.4) is 0 Å². The molecular formula is C17H18F3NO6S. The number of likely N-dealkylation sites (tertiary alicyclic amines) is 1. The Morgan fingerprint density at radius 2 is 1.82 bits per heavy atom. The number of benzene rings is 1. The molecular weight excluding hydrogens is 403 g/mol. The smallest absolute Gasteiger partial charge is 0.417 e. The molecule has 28 heavy (non-hydrogen) atoms. The van der Waals surface area contributed by atoms with Gasteiger partial charge in [-0.25, -0.2) is 13.2 Å². The maximum Gasteiger partial charge on any atom is 0.417 e. The van der Waals surface area contributed by atoms with Gasteiger partial charge in [-0.15, -0.1) is 0 Å². The number of ether oxygens (including phenoxy) is 1. The maximum absolute atomic E-state index is 13.2. The van der Waals surface area contributed by atoms with Crippen LogP contribution in [0.5, 0.6) is 0 Å². The zero-order valence-electron chi connectivity index (χ0n) is 15.0. The molecule has 0 saturated carbocycles. The summed E-state index contributed by atoms with van der Waals surface area (Å²) in [5.74, 6) is -2.19. The standard InChI is InChI=1S/C17H18F3NO6S/c1-10(22)7-15(23)21-9-11(8-13(21)16(24)27-2)28(25,26)14-6-4-3-5-12(14)17(18,19)20/h3-6,11,13H,7-9H2,1-2H3/t11-,13-/m1/s1. The molecule has 154 valence electrons. The van der Waals surface area contributed by atoms with Crippen molar-refractivity contribution in [1.82, 2.24) is 4.90 Å². The Balaban J connectivity index is 2.44. The minimum atomic E-state index is -4.89. The first-order valence-electron chi connectivity index (χ1n) is 8.16. The molecule has 2 rings (SSSR count). The van der Waals surface area contributed by atoms with Crippen molar-refractivity contribution in [1.29, 1.82) is 0 Å². The van der Waals surface area contributed by atoms with Crippen LogP contribution in [0.1, 0.15) is 25.3 Å². The van der Waals surface area contributed by atoms with Gasteiger partial charge in [-0.2, -0.15) is 13.2 Å². The van der Waals surface area contributed by atoms with Crippen molar-refractivity contribution < 1.29 is 40.7 Å². The van der Waals surface area contributed by atoms with Crippen molar-refractivity contribution >= 4 is 27.5 Å². The molecule has 0 N–H and O–H groups in total. The van der Waals surface area contributed by atoms with Crippen molar-refractivity contribution in [2.75, 3.05) is 13.7 Å². The number of rotatable bonds is 5. The van der Waals surface area contributed by atoms with E-state index in [0.29, 0.717) is 6.07 Å². The zero-order valence-corrected chi connectivity index (χ0v) is 15.8.